The molecule has 0 bridgehead atoms. The fraction of sp³-hybridized carbons (Fsp3) is 0.847. The number of unbranched alkanes of at least 4 members (excludes halogenated alkanes) is 31. The van der Waals surface area contributed by atoms with Crippen molar-refractivity contribution in [2.45, 2.75) is 362 Å². The summed E-state index contributed by atoms with van der Waals surface area (Å²) in [5.74, 6) is -0.277. The predicted octanol–water partition coefficient (Wildman–Crippen LogP) is 9.94. The number of aliphatic hydroxyl groups is 11. The van der Waals surface area contributed by atoms with Crippen molar-refractivity contribution in [3.8, 4) is 0 Å². The number of aliphatic hydroxyl groups excluding tert-OH is 11. The summed E-state index contributed by atoms with van der Waals surface area (Å²) < 4.78 is 34.4. The van der Waals surface area contributed by atoms with Gasteiger partial charge in [-0.2, -0.15) is 0 Å². The molecule has 0 radical (unpaired) electrons. The molecule has 3 fully saturated rings. The molecule has 0 aliphatic carbocycles. The van der Waals surface area contributed by atoms with Crippen LogP contribution in [-0.4, -0.2) is 193 Å². The second-order valence-electron chi connectivity index (χ2n) is 25.7. The highest BCUT2D eigenvalue weighted by atomic mass is 16.8. The lowest BCUT2D eigenvalue weighted by Gasteiger charge is -2.48. The Morgan fingerprint density at radius 1 is 0.407 bits per heavy atom. The number of ether oxygens (including phenoxy) is 6. The molecule has 0 saturated carbocycles. The van der Waals surface area contributed by atoms with Gasteiger partial charge in [-0.05, 0) is 57.8 Å². The van der Waals surface area contributed by atoms with E-state index in [4.69, 9.17) is 28.4 Å². The second kappa shape index (κ2) is 53.6. The summed E-state index contributed by atoms with van der Waals surface area (Å²) in [7, 11) is 0. The molecular formula is C72H129NO18. The van der Waals surface area contributed by atoms with Crippen molar-refractivity contribution in [3.63, 3.8) is 0 Å². The van der Waals surface area contributed by atoms with Gasteiger partial charge in [0.1, 0.15) is 73.2 Å². The molecule has 17 unspecified atom stereocenters. The standard InChI is InChI=1S/C72H129NO18/c1-3-5-7-9-11-13-15-17-19-21-23-25-26-27-28-30-32-34-36-38-40-42-44-46-48-50-60(78)73-55(56(77)49-47-45-43-41-39-37-35-33-31-29-24-22-20-18-16-14-12-10-8-6-4-2)54-86-70-66(84)63(81)68(58(52-75)88-70)91-72-67(85)64(82)69(59(53-76)89-72)90-71-65(83)62(80)61(79)57(51-74)87-71/h5,7,11,13,17,19,23,25,47,49,55-59,61-72,74-77,79-85H,3-4,6,8-10,12,14-16,18,20-22,24,26-46,48,50-54H2,1-2H3,(H,73,78)/b7-5-,13-11-,19-17-,25-23-,49-47+. The first-order valence-electron chi connectivity index (χ1n) is 36.0. The van der Waals surface area contributed by atoms with E-state index in [1.54, 1.807) is 6.08 Å². The van der Waals surface area contributed by atoms with E-state index in [-0.39, 0.29) is 18.9 Å². The Labute approximate surface area is 547 Å². The van der Waals surface area contributed by atoms with Crippen molar-refractivity contribution >= 4 is 5.91 Å². The Bertz CT molecular complexity index is 1890. The summed E-state index contributed by atoms with van der Waals surface area (Å²) in [5, 5.41) is 121. The van der Waals surface area contributed by atoms with Crippen LogP contribution >= 0.6 is 0 Å². The van der Waals surface area contributed by atoms with Crippen LogP contribution in [0, 0.1) is 0 Å². The van der Waals surface area contributed by atoms with Crippen LogP contribution in [0.1, 0.15) is 258 Å². The van der Waals surface area contributed by atoms with E-state index in [0.29, 0.717) is 6.42 Å². The summed E-state index contributed by atoms with van der Waals surface area (Å²) in [6.45, 7) is 1.64. The molecule has 0 aromatic rings. The quantitative estimate of drug-likeness (QED) is 0.0199. The molecule has 91 heavy (non-hydrogen) atoms. The minimum Gasteiger partial charge on any atom is -0.394 e. The maximum absolute atomic E-state index is 13.4. The van der Waals surface area contributed by atoms with E-state index in [0.717, 1.165) is 77.0 Å². The van der Waals surface area contributed by atoms with Gasteiger partial charge in [0.05, 0.1) is 38.6 Å². The van der Waals surface area contributed by atoms with Crippen molar-refractivity contribution in [3.05, 3.63) is 60.8 Å². The van der Waals surface area contributed by atoms with Crippen LogP contribution < -0.4 is 5.32 Å². The third kappa shape index (κ3) is 35.4. The van der Waals surface area contributed by atoms with Crippen LogP contribution in [0.15, 0.2) is 60.8 Å². The van der Waals surface area contributed by atoms with Crippen LogP contribution in [0.25, 0.3) is 0 Å². The number of nitrogens with one attached hydrogen (secondary N) is 1. The van der Waals surface area contributed by atoms with E-state index in [1.165, 1.54) is 154 Å². The number of carbonyl (C=O) groups excluding carboxylic acids is 1. The smallest absolute Gasteiger partial charge is 0.220 e. The van der Waals surface area contributed by atoms with Gasteiger partial charge in [0.2, 0.25) is 5.91 Å². The predicted molar refractivity (Wildman–Crippen MR) is 355 cm³/mol. The van der Waals surface area contributed by atoms with Gasteiger partial charge in [-0.1, -0.05) is 254 Å². The molecule has 3 aliphatic heterocycles. The molecule has 0 aromatic heterocycles. The number of hydrogen-bond donors (Lipinski definition) is 12. The van der Waals surface area contributed by atoms with Crippen LogP contribution in [-0.2, 0) is 33.2 Å². The van der Waals surface area contributed by atoms with E-state index >= 15 is 0 Å². The maximum Gasteiger partial charge on any atom is 0.220 e. The van der Waals surface area contributed by atoms with Gasteiger partial charge in [0.15, 0.2) is 18.9 Å². The highest BCUT2D eigenvalue weighted by Gasteiger charge is 2.53. The molecule has 3 rings (SSSR count). The average Bonchev–Trinajstić information content (AvgIpc) is 0.883. The zero-order chi connectivity index (χ0) is 66.1. The monoisotopic (exact) mass is 1300 g/mol. The third-order valence-electron chi connectivity index (χ3n) is 17.8. The molecule has 12 N–H and O–H groups in total. The summed E-state index contributed by atoms with van der Waals surface area (Å²) in [4.78, 5) is 13.4. The van der Waals surface area contributed by atoms with Gasteiger partial charge in [-0.25, -0.2) is 0 Å². The summed E-state index contributed by atoms with van der Waals surface area (Å²) in [5.41, 5.74) is 0. The second-order valence-corrected chi connectivity index (χ2v) is 25.7. The highest BCUT2D eigenvalue weighted by Crippen LogP contribution is 2.33. The fourth-order valence-corrected chi connectivity index (χ4v) is 12.0. The lowest BCUT2D eigenvalue weighted by atomic mass is 9.96. The normalized spacial score (nSPS) is 28.2. The summed E-state index contributed by atoms with van der Waals surface area (Å²) in [6, 6.07) is -0.977. The van der Waals surface area contributed by atoms with Gasteiger partial charge in [0.25, 0.3) is 0 Å². The Morgan fingerprint density at radius 2 is 0.758 bits per heavy atom. The Morgan fingerprint density at radius 3 is 1.19 bits per heavy atom. The lowest BCUT2D eigenvalue weighted by Crippen LogP contribution is -2.66. The third-order valence-corrected chi connectivity index (χ3v) is 17.8. The highest BCUT2D eigenvalue weighted by molar-refractivity contribution is 5.76. The number of hydrogen-bond acceptors (Lipinski definition) is 18. The maximum atomic E-state index is 13.4. The van der Waals surface area contributed by atoms with E-state index in [2.05, 4.69) is 67.8 Å². The number of rotatable bonds is 55. The Hall–Kier alpha value is -2.51. The molecule has 19 heteroatoms. The lowest BCUT2D eigenvalue weighted by molar-refractivity contribution is -0.379. The molecule has 17 atom stereocenters. The minimum atomic E-state index is -1.98. The zero-order valence-corrected chi connectivity index (χ0v) is 56.1. The van der Waals surface area contributed by atoms with Crippen LogP contribution in [0.5, 0.6) is 0 Å². The van der Waals surface area contributed by atoms with Gasteiger partial charge in [-0.15, -0.1) is 0 Å². The van der Waals surface area contributed by atoms with Crippen LogP contribution in [0.4, 0.5) is 0 Å². The van der Waals surface area contributed by atoms with Gasteiger partial charge >= 0.3 is 0 Å². The molecule has 3 aliphatic rings. The molecule has 19 nitrogen and oxygen atoms in total. The van der Waals surface area contributed by atoms with E-state index < -0.39 is 124 Å². The Kier molecular flexibility index (Phi) is 48.7. The average molecular weight is 1300 g/mol. The number of allylic oxidation sites excluding steroid dienone is 9. The molecule has 0 aromatic carbocycles. The van der Waals surface area contributed by atoms with Gasteiger partial charge in [0, 0.05) is 6.42 Å². The molecular weight excluding hydrogens is 1170 g/mol. The fourth-order valence-electron chi connectivity index (χ4n) is 12.0. The summed E-state index contributed by atoms with van der Waals surface area (Å²) >= 11 is 0. The molecule has 530 valence electrons. The van der Waals surface area contributed by atoms with Crippen LogP contribution in [0.2, 0.25) is 0 Å². The topological polar surface area (TPSA) is 307 Å². The van der Waals surface area contributed by atoms with E-state index in [9.17, 15) is 61.0 Å². The first-order valence-corrected chi connectivity index (χ1v) is 36.0. The number of amides is 1. The van der Waals surface area contributed by atoms with E-state index in [1.807, 2.05) is 6.08 Å². The molecule has 1 amide bonds. The first-order chi connectivity index (χ1) is 44.3. The van der Waals surface area contributed by atoms with Crippen LogP contribution in [0.3, 0.4) is 0 Å². The zero-order valence-electron chi connectivity index (χ0n) is 56.1. The van der Waals surface area contributed by atoms with Crippen molar-refractivity contribution in [1.82, 2.24) is 5.32 Å². The van der Waals surface area contributed by atoms with Crippen molar-refractivity contribution in [1.29, 1.82) is 0 Å². The first kappa shape index (κ1) is 82.7. The van der Waals surface area contributed by atoms with Gasteiger partial charge in [-0.3, -0.25) is 4.79 Å². The summed E-state index contributed by atoms with van der Waals surface area (Å²) in [6.07, 6.45) is 39.0. The van der Waals surface area contributed by atoms with Crippen molar-refractivity contribution < 1.29 is 89.4 Å². The minimum absolute atomic E-state index is 0.239. The molecule has 0 spiro atoms. The van der Waals surface area contributed by atoms with Crippen molar-refractivity contribution in [2.75, 3.05) is 26.4 Å². The number of carbonyl (C=O) groups is 1. The SMILES string of the molecule is CC/C=C\C/C=C\C/C=C\C/C=C\CCCCCCCCCCCCCCC(=O)NC(COC1OC(CO)C(OC2OC(CO)C(OC3OC(CO)C(O)C(O)C3O)C(O)C2O)C(O)C1O)C(O)/C=C/CCCCCCCCCCCCCCCCCCCCC. The molecule has 3 heterocycles. The Balaban J connectivity index is 1.43. The van der Waals surface area contributed by atoms with Crippen molar-refractivity contribution in [2.24, 2.45) is 0 Å². The van der Waals surface area contributed by atoms with Gasteiger partial charge < -0.3 is 89.9 Å². The molecule has 3 saturated heterocycles. The largest absolute Gasteiger partial charge is 0.394 e.